The average molecular weight is 303 g/mol. The Bertz CT molecular complexity index is 665. The molecule has 1 aromatic heterocycles. The quantitative estimate of drug-likeness (QED) is 0.916. The predicted molar refractivity (Wildman–Crippen MR) is 82.0 cm³/mol. The molecule has 0 bridgehead atoms. The summed E-state index contributed by atoms with van der Waals surface area (Å²) in [5.41, 5.74) is 2.34. The van der Waals surface area contributed by atoms with Crippen LogP contribution < -0.4 is 10.1 Å². The first-order valence-corrected chi connectivity index (χ1v) is 7.88. The van der Waals surface area contributed by atoms with Crippen molar-refractivity contribution in [2.24, 2.45) is 0 Å². The van der Waals surface area contributed by atoms with Crippen molar-refractivity contribution in [1.82, 2.24) is 5.32 Å². The van der Waals surface area contributed by atoms with Gasteiger partial charge in [0.2, 0.25) is 0 Å². The van der Waals surface area contributed by atoms with Crippen LogP contribution in [0.4, 0.5) is 0 Å². The maximum atomic E-state index is 12.0. The molecule has 2 heterocycles. The number of rotatable bonds is 3. The van der Waals surface area contributed by atoms with E-state index in [1.165, 1.54) is 11.3 Å². The van der Waals surface area contributed by atoms with E-state index in [1.807, 2.05) is 17.5 Å². The fourth-order valence-corrected chi connectivity index (χ4v) is 3.48. The lowest BCUT2D eigenvalue weighted by molar-refractivity contribution is 0.0957. The van der Waals surface area contributed by atoms with E-state index in [1.54, 1.807) is 12.1 Å². The second-order valence-electron chi connectivity index (χ2n) is 4.93. The number of aliphatic hydroxyl groups is 1. The molecule has 0 aliphatic carbocycles. The van der Waals surface area contributed by atoms with Crippen LogP contribution in [0.2, 0.25) is 0 Å². The molecule has 2 aromatic rings. The Labute approximate surface area is 127 Å². The maximum absolute atomic E-state index is 12.0. The Morgan fingerprint density at radius 1 is 1.43 bits per heavy atom. The van der Waals surface area contributed by atoms with E-state index in [4.69, 9.17) is 4.74 Å². The van der Waals surface area contributed by atoms with Gasteiger partial charge in [-0.25, -0.2) is 0 Å². The van der Waals surface area contributed by atoms with Crippen molar-refractivity contribution < 1.29 is 14.6 Å². The first-order valence-electron chi connectivity index (χ1n) is 7.00. The van der Waals surface area contributed by atoms with Gasteiger partial charge in [-0.1, -0.05) is 13.0 Å². The molecule has 4 nitrogen and oxygen atoms in total. The SMILES string of the molecule is CCc1ccsc1C(O)c1ccc2c(c1)C(=O)NCCO2. The molecule has 1 aliphatic heterocycles. The Hall–Kier alpha value is -1.85. The standard InChI is InChI=1S/C16H17NO3S/c1-2-10-5-8-21-15(10)14(18)11-3-4-13-12(9-11)16(19)17-6-7-20-13/h3-5,8-9,14,18H,2,6-7H2,1H3,(H,17,19). The third-order valence-electron chi connectivity index (χ3n) is 3.62. The van der Waals surface area contributed by atoms with Crippen LogP contribution in [-0.4, -0.2) is 24.2 Å². The molecule has 1 unspecified atom stereocenters. The normalized spacial score (nSPS) is 15.6. The maximum Gasteiger partial charge on any atom is 0.255 e. The van der Waals surface area contributed by atoms with Gasteiger partial charge < -0.3 is 15.2 Å². The van der Waals surface area contributed by atoms with Crippen molar-refractivity contribution in [3.8, 4) is 5.75 Å². The number of fused-ring (bicyclic) bond motifs is 1. The summed E-state index contributed by atoms with van der Waals surface area (Å²) < 4.78 is 5.53. The van der Waals surface area contributed by atoms with Gasteiger partial charge in [0.05, 0.1) is 12.1 Å². The van der Waals surface area contributed by atoms with Crippen molar-refractivity contribution in [2.75, 3.05) is 13.2 Å². The number of hydrogen-bond donors (Lipinski definition) is 2. The molecule has 0 saturated carbocycles. The third-order valence-corrected chi connectivity index (χ3v) is 4.63. The molecule has 110 valence electrons. The molecule has 21 heavy (non-hydrogen) atoms. The van der Waals surface area contributed by atoms with Gasteiger partial charge in [0, 0.05) is 4.88 Å². The van der Waals surface area contributed by atoms with E-state index in [-0.39, 0.29) is 5.91 Å². The van der Waals surface area contributed by atoms with Gasteiger partial charge in [0.15, 0.2) is 0 Å². The first-order chi connectivity index (χ1) is 10.2. The topological polar surface area (TPSA) is 58.6 Å². The van der Waals surface area contributed by atoms with Gasteiger partial charge in [-0.2, -0.15) is 0 Å². The molecule has 0 saturated heterocycles. The van der Waals surface area contributed by atoms with Crippen LogP contribution in [0.25, 0.3) is 0 Å². The van der Waals surface area contributed by atoms with E-state index in [0.29, 0.717) is 30.0 Å². The lowest BCUT2D eigenvalue weighted by atomic mass is 10.0. The Balaban J connectivity index is 1.98. The van der Waals surface area contributed by atoms with Crippen molar-refractivity contribution in [2.45, 2.75) is 19.4 Å². The molecule has 0 fully saturated rings. The van der Waals surface area contributed by atoms with Crippen LogP contribution >= 0.6 is 11.3 Å². The fraction of sp³-hybridized carbons (Fsp3) is 0.312. The van der Waals surface area contributed by atoms with Crippen molar-refractivity contribution in [3.63, 3.8) is 0 Å². The molecule has 1 amide bonds. The number of amides is 1. The summed E-state index contributed by atoms with van der Waals surface area (Å²) in [7, 11) is 0. The molecule has 2 N–H and O–H groups in total. The van der Waals surface area contributed by atoms with Crippen LogP contribution in [-0.2, 0) is 6.42 Å². The minimum absolute atomic E-state index is 0.154. The minimum atomic E-state index is -0.707. The summed E-state index contributed by atoms with van der Waals surface area (Å²) in [6.45, 7) is 3.03. The summed E-state index contributed by atoms with van der Waals surface area (Å²) in [6.07, 6.45) is 0.172. The van der Waals surface area contributed by atoms with Gasteiger partial charge in [0.1, 0.15) is 18.5 Å². The van der Waals surface area contributed by atoms with Gasteiger partial charge >= 0.3 is 0 Å². The second-order valence-corrected chi connectivity index (χ2v) is 5.87. The number of nitrogens with one attached hydrogen (secondary N) is 1. The molecule has 1 aliphatic rings. The van der Waals surface area contributed by atoms with Crippen LogP contribution in [0.15, 0.2) is 29.6 Å². The molecule has 0 radical (unpaired) electrons. The molecule has 1 aromatic carbocycles. The molecule has 1 atom stereocenters. The number of aryl methyl sites for hydroxylation is 1. The van der Waals surface area contributed by atoms with Crippen LogP contribution in [0.1, 0.15) is 39.4 Å². The number of carbonyl (C=O) groups is 1. The minimum Gasteiger partial charge on any atom is -0.491 e. The summed E-state index contributed by atoms with van der Waals surface area (Å²) in [4.78, 5) is 13.0. The zero-order chi connectivity index (χ0) is 14.8. The molecule has 3 rings (SSSR count). The number of benzene rings is 1. The lowest BCUT2D eigenvalue weighted by Crippen LogP contribution is -2.24. The van der Waals surface area contributed by atoms with E-state index in [2.05, 4.69) is 12.2 Å². The molecular formula is C16H17NO3S. The number of thiophene rings is 1. The van der Waals surface area contributed by atoms with Crippen molar-refractivity contribution >= 4 is 17.2 Å². The summed E-state index contributed by atoms with van der Waals surface area (Å²) in [5, 5.41) is 15.4. The highest BCUT2D eigenvalue weighted by Gasteiger charge is 2.21. The van der Waals surface area contributed by atoms with Crippen LogP contribution in [0, 0.1) is 0 Å². The lowest BCUT2D eigenvalue weighted by Gasteiger charge is -2.14. The first kappa shape index (κ1) is 14.1. The van der Waals surface area contributed by atoms with Crippen molar-refractivity contribution in [3.05, 3.63) is 51.2 Å². The largest absolute Gasteiger partial charge is 0.491 e. The Morgan fingerprint density at radius 3 is 3.10 bits per heavy atom. The number of aliphatic hydroxyl groups excluding tert-OH is 1. The number of ether oxygens (including phenoxy) is 1. The third kappa shape index (κ3) is 2.66. The molecule has 0 spiro atoms. The van der Waals surface area contributed by atoms with E-state index in [0.717, 1.165) is 16.9 Å². The monoisotopic (exact) mass is 303 g/mol. The van der Waals surface area contributed by atoms with E-state index in [9.17, 15) is 9.90 Å². The summed E-state index contributed by atoms with van der Waals surface area (Å²) >= 11 is 1.54. The zero-order valence-electron chi connectivity index (χ0n) is 11.8. The van der Waals surface area contributed by atoms with E-state index < -0.39 is 6.10 Å². The van der Waals surface area contributed by atoms with Gasteiger partial charge in [0.25, 0.3) is 5.91 Å². The van der Waals surface area contributed by atoms with Crippen LogP contribution in [0.5, 0.6) is 5.75 Å². The second kappa shape index (κ2) is 5.87. The van der Waals surface area contributed by atoms with Gasteiger partial charge in [-0.15, -0.1) is 11.3 Å². The van der Waals surface area contributed by atoms with Crippen LogP contribution in [0.3, 0.4) is 0 Å². The number of carbonyl (C=O) groups excluding carboxylic acids is 1. The predicted octanol–water partition coefficient (Wildman–Crippen LogP) is 2.51. The molecule has 5 heteroatoms. The zero-order valence-corrected chi connectivity index (χ0v) is 12.6. The Morgan fingerprint density at radius 2 is 2.29 bits per heavy atom. The van der Waals surface area contributed by atoms with Gasteiger partial charge in [-0.05, 0) is 41.1 Å². The smallest absolute Gasteiger partial charge is 0.255 e. The van der Waals surface area contributed by atoms with E-state index >= 15 is 0 Å². The summed E-state index contributed by atoms with van der Waals surface area (Å²) in [5.74, 6) is 0.418. The highest BCUT2D eigenvalue weighted by molar-refractivity contribution is 7.10. The fourth-order valence-electron chi connectivity index (χ4n) is 2.47. The summed E-state index contributed by atoms with van der Waals surface area (Å²) in [6, 6.07) is 7.33. The van der Waals surface area contributed by atoms with Gasteiger partial charge in [-0.3, -0.25) is 4.79 Å². The molecular weight excluding hydrogens is 286 g/mol. The van der Waals surface area contributed by atoms with Crippen molar-refractivity contribution in [1.29, 1.82) is 0 Å². The number of hydrogen-bond acceptors (Lipinski definition) is 4. The average Bonchev–Trinajstić information content (AvgIpc) is 2.91. The Kier molecular flexibility index (Phi) is 3.94. The highest BCUT2D eigenvalue weighted by atomic mass is 32.1. The highest BCUT2D eigenvalue weighted by Crippen LogP contribution is 2.32.